The third kappa shape index (κ3) is 9.15. The average molecular weight is 318 g/mol. The SMILES string of the molecule is CCCCCCCCCCCCC(c1ccccc1)C(C)(C)N. The summed E-state index contributed by atoms with van der Waals surface area (Å²) in [5.74, 6) is 0.470. The van der Waals surface area contributed by atoms with Crippen molar-refractivity contribution in [3.05, 3.63) is 35.9 Å². The van der Waals surface area contributed by atoms with E-state index in [1.165, 1.54) is 76.2 Å². The van der Waals surface area contributed by atoms with Gasteiger partial charge < -0.3 is 5.73 Å². The molecule has 0 heterocycles. The molecule has 1 unspecified atom stereocenters. The number of hydrogen-bond donors (Lipinski definition) is 1. The monoisotopic (exact) mass is 317 g/mol. The summed E-state index contributed by atoms with van der Waals surface area (Å²) in [5.41, 5.74) is 7.69. The van der Waals surface area contributed by atoms with E-state index in [9.17, 15) is 0 Å². The number of unbranched alkanes of at least 4 members (excludes halogenated alkanes) is 9. The van der Waals surface area contributed by atoms with Crippen LogP contribution in [-0.4, -0.2) is 5.54 Å². The molecular formula is C22H39N. The van der Waals surface area contributed by atoms with Crippen LogP contribution in [0.5, 0.6) is 0 Å². The molecule has 0 aromatic heterocycles. The van der Waals surface area contributed by atoms with Gasteiger partial charge in [0.15, 0.2) is 0 Å². The van der Waals surface area contributed by atoms with Crippen LogP contribution >= 0.6 is 0 Å². The third-order valence-corrected chi connectivity index (χ3v) is 4.95. The second-order valence-electron chi connectivity index (χ2n) is 7.76. The second kappa shape index (κ2) is 11.7. The summed E-state index contributed by atoms with van der Waals surface area (Å²) < 4.78 is 0. The van der Waals surface area contributed by atoms with Crippen LogP contribution < -0.4 is 5.73 Å². The van der Waals surface area contributed by atoms with E-state index in [2.05, 4.69) is 51.1 Å². The van der Waals surface area contributed by atoms with Gasteiger partial charge in [0.25, 0.3) is 0 Å². The number of benzene rings is 1. The van der Waals surface area contributed by atoms with Crippen molar-refractivity contribution in [3.63, 3.8) is 0 Å². The standard InChI is InChI=1S/C22H39N/c1-4-5-6-7-8-9-10-11-12-16-19-21(22(2,3)23)20-17-14-13-15-18-20/h13-15,17-18,21H,4-12,16,19,23H2,1-3H3. The van der Waals surface area contributed by atoms with Crippen molar-refractivity contribution in [3.8, 4) is 0 Å². The highest BCUT2D eigenvalue weighted by Crippen LogP contribution is 2.31. The number of hydrogen-bond acceptors (Lipinski definition) is 1. The first kappa shape index (κ1) is 20.2. The summed E-state index contributed by atoms with van der Waals surface area (Å²) in [4.78, 5) is 0. The van der Waals surface area contributed by atoms with Gasteiger partial charge in [-0.1, -0.05) is 101 Å². The van der Waals surface area contributed by atoms with Gasteiger partial charge in [0.1, 0.15) is 0 Å². The molecule has 0 fully saturated rings. The predicted octanol–water partition coefficient (Wildman–Crippen LogP) is 6.82. The molecule has 1 rings (SSSR count). The molecule has 0 saturated carbocycles. The average Bonchev–Trinajstić information content (AvgIpc) is 2.52. The van der Waals surface area contributed by atoms with E-state index in [-0.39, 0.29) is 5.54 Å². The zero-order valence-electron chi connectivity index (χ0n) is 15.8. The molecule has 0 aliphatic heterocycles. The van der Waals surface area contributed by atoms with Crippen molar-refractivity contribution in [2.24, 2.45) is 5.73 Å². The lowest BCUT2D eigenvalue weighted by Crippen LogP contribution is -2.39. The molecule has 1 aromatic rings. The summed E-state index contributed by atoms with van der Waals surface area (Å²) in [5, 5.41) is 0. The lowest BCUT2D eigenvalue weighted by atomic mass is 9.79. The minimum atomic E-state index is -0.138. The van der Waals surface area contributed by atoms with Crippen molar-refractivity contribution in [1.29, 1.82) is 0 Å². The molecule has 2 N–H and O–H groups in total. The van der Waals surface area contributed by atoms with Gasteiger partial charge in [0, 0.05) is 11.5 Å². The van der Waals surface area contributed by atoms with Crippen molar-refractivity contribution >= 4 is 0 Å². The molecule has 0 radical (unpaired) electrons. The van der Waals surface area contributed by atoms with E-state index < -0.39 is 0 Å². The van der Waals surface area contributed by atoms with E-state index >= 15 is 0 Å². The topological polar surface area (TPSA) is 26.0 Å². The molecular weight excluding hydrogens is 278 g/mol. The van der Waals surface area contributed by atoms with E-state index in [1.54, 1.807) is 0 Å². The minimum Gasteiger partial charge on any atom is -0.325 e. The van der Waals surface area contributed by atoms with Gasteiger partial charge in [-0.3, -0.25) is 0 Å². The van der Waals surface area contributed by atoms with E-state index in [4.69, 9.17) is 5.73 Å². The second-order valence-corrected chi connectivity index (χ2v) is 7.76. The molecule has 23 heavy (non-hydrogen) atoms. The Hall–Kier alpha value is -0.820. The maximum atomic E-state index is 6.43. The largest absolute Gasteiger partial charge is 0.325 e. The smallest absolute Gasteiger partial charge is 0.0166 e. The van der Waals surface area contributed by atoms with Crippen LogP contribution in [0.4, 0.5) is 0 Å². The van der Waals surface area contributed by atoms with Gasteiger partial charge in [-0.25, -0.2) is 0 Å². The normalized spacial score (nSPS) is 13.2. The fourth-order valence-corrected chi connectivity index (χ4v) is 3.49. The predicted molar refractivity (Wildman–Crippen MR) is 104 cm³/mol. The fourth-order valence-electron chi connectivity index (χ4n) is 3.49. The zero-order chi connectivity index (χ0) is 17.0. The van der Waals surface area contributed by atoms with Crippen LogP contribution in [0.25, 0.3) is 0 Å². The number of nitrogens with two attached hydrogens (primary N) is 1. The minimum absolute atomic E-state index is 0.138. The van der Waals surface area contributed by atoms with Crippen molar-refractivity contribution in [2.75, 3.05) is 0 Å². The first-order chi connectivity index (χ1) is 11.1. The summed E-state index contributed by atoms with van der Waals surface area (Å²) in [6.07, 6.45) is 15.2. The van der Waals surface area contributed by atoms with Gasteiger partial charge >= 0.3 is 0 Å². The van der Waals surface area contributed by atoms with Gasteiger partial charge in [0.2, 0.25) is 0 Å². The summed E-state index contributed by atoms with van der Waals surface area (Å²) in [6, 6.07) is 10.8. The highest BCUT2D eigenvalue weighted by molar-refractivity contribution is 5.22. The van der Waals surface area contributed by atoms with Crippen LogP contribution in [0.1, 0.15) is 103 Å². The maximum absolute atomic E-state index is 6.43. The quantitative estimate of drug-likeness (QED) is 0.397. The maximum Gasteiger partial charge on any atom is 0.0166 e. The Morgan fingerprint density at radius 2 is 1.26 bits per heavy atom. The molecule has 1 atom stereocenters. The highest BCUT2D eigenvalue weighted by Gasteiger charge is 2.25. The lowest BCUT2D eigenvalue weighted by molar-refractivity contribution is 0.376. The Kier molecular flexibility index (Phi) is 10.3. The summed E-state index contributed by atoms with van der Waals surface area (Å²) in [6.45, 7) is 6.62. The number of rotatable bonds is 13. The molecule has 0 spiro atoms. The molecule has 1 aromatic carbocycles. The molecule has 132 valence electrons. The van der Waals surface area contributed by atoms with E-state index in [0.29, 0.717) is 5.92 Å². The zero-order valence-corrected chi connectivity index (χ0v) is 15.8. The molecule has 0 aliphatic carbocycles. The summed E-state index contributed by atoms with van der Waals surface area (Å²) in [7, 11) is 0. The fraction of sp³-hybridized carbons (Fsp3) is 0.727. The van der Waals surface area contributed by atoms with Crippen molar-refractivity contribution in [2.45, 2.75) is 103 Å². The molecule has 0 bridgehead atoms. The van der Waals surface area contributed by atoms with Crippen LogP contribution in [0.2, 0.25) is 0 Å². The molecule has 0 aliphatic rings. The Morgan fingerprint density at radius 1 is 0.783 bits per heavy atom. The molecule has 1 heteroatoms. The Balaban J connectivity index is 2.17. The summed E-state index contributed by atoms with van der Waals surface area (Å²) >= 11 is 0. The van der Waals surface area contributed by atoms with Crippen LogP contribution in [0.3, 0.4) is 0 Å². The Morgan fingerprint density at radius 3 is 1.74 bits per heavy atom. The Labute approximate surface area is 145 Å². The highest BCUT2D eigenvalue weighted by atomic mass is 14.7. The van der Waals surface area contributed by atoms with Gasteiger partial charge in [-0.15, -0.1) is 0 Å². The first-order valence-corrected chi connectivity index (χ1v) is 9.89. The van der Waals surface area contributed by atoms with Gasteiger partial charge in [0.05, 0.1) is 0 Å². The van der Waals surface area contributed by atoms with Gasteiger partial charge in [-0.05, 0) is 25.8 Å². The molecule has 1 nitrogen and oxygen atoms in total. The van der Waals surface area contributed by atoms with E-state index in [1.807, 2.05) is 0 Å². The third-order valence-electron chi connectivity index (χ3n) is 4.95. The Bertz CT molecular complexity index is 377. The van der Waals surface area contributed by atoms with E-state index in [0.717, 1.165) is 0 Å². The van der Waals surface area contributed by atoms with Gasteiger partial charge in [-0.2, -0.15) is 0 Å². The van der Waals surface area contributed by atoms with Crippen LogP contribution in [0.15, 0.2) is 30.3 Å². The van der Waals surface area contributed by atoms with Crippen molar-refractivity contribution < 1.29 is 0 Å². The van der Waals surface area contributed by atoms with Crippen molar-refractivity contribution in [1.82, 2.24) is 0 Å². The lowest BCUT2D eigenvalue weighted by Gasteiger charge is -2.31. The van der Waals surface area contributed by atoms with Crippen LogP contribution in [-0.2, 0) is 0 Å². The molecule has 0 saturated heterocycles. The van der Waals surface area contributed by atoms with Crippen LogP contribution in [0, 0.1) is 0 Å². The first-order valence-electron chi connectivity index (χ1n) is 9.89. The molecule has 0 amide bonds.